The van der Waals surface area contributed by atoms with Gasteiger partial charge >= 0.3 is 5.97 Å². The van der Waals surface area contributed by atoms with Crippen LogP contribution in [0.5, 0.6) is 0 Å². The van der Waals surface area contributed by atoms with Gasteiger partial charge in [-0.15, -0.1) is 0 Å². The molecule has 1 saturated heterocycles. The van der Waals surface area contributed by atoms with Crippen molar-refractivity contribution in [1.29, 1.82) is 0 Å². The summed E-state index contributed by atoms with van der Waals surface area (Å²) >= 11 is 0. The van der Waals surface area contributed by atoms with E-state index in [1.54, 1.807) is 12.1 Å². The summed E-state index contributed by atoms with van der Waals surface area (Å²) in [5.41, 5.74) is 0.876. The number of hydrogen-bond acceptors (Lipinski definition) is 4. The largest absolute Gasteiger partial charge is 0.475 e. The standard InChI is InChI=1S/C15H16FNO4/c16-11-5-3-10(4-6-11)9-17-7-1-2-12(17)13(18)8-14(19)15(20)21/h3-6,12H,1-2,7-9H2,(H,20,21). The summed E-state index contributed by atoms with van der Waals surface area (Å²) in [6.07, 6.45) is 0.867. The van der Waals surface area contributed by atoms with Gasteiger partial charge in [0.05, 0.1) is 12.5 Å². The molecule has 1 aliphatic heterocycles. The third-order valence-electron chi connectivity index (χ3n) is 3.61. The van der Waals surface area contributed by atoms with Gasteiger partial charge in [0.1, 0.15) is 5.82 Å². The fourth-order valence-electron chi connectivity index (χ4n) is 2.56. The minimum absolute atomic E-state index is 0.320. The molecule has 0 spiro atoms. The second-order valence-electron chi connectivity index (χ2n) is 5.13. The van der Waals surface area contributed by atoms with Gasteiger partial charge in [0, 0.05) is 6.54 Å². The van der Waals surface area contributed by atoms with Crippen molar-refractivity contribution < 1.29 is 23.9 Å². The first kappa shape index (κ1) is 15.3. The third-order valence-corrected chi connectivity index (χ3v) is 3.61. The van der Waals surface area contributed by atoms with E-state index in [2.05, 4.69) is 0 Å². The zero-order valence-corrected chi connectivity index (χ0v) is 11.4. The van der Waals surface area contributed by atoms with Crippen LogP contribution in [0, 0.1) is 5.82 Å². The van der Waals surface area contributed by atoms with Crippen LogP contribution in [0.2, 0.25) is 0 Å². The molecule has 112 valence electrons. The van der Waals surface area contributed by atoms with Gasteiger partial charge in [-0.2, -0.15) is 0 Å². The molecule has 0 aromatic heterocycles. The topological polar surface area (TPSA) is 74.7 Å². The molecule has 0 aliphatic carbocycles. The lowest BCUT2D eigenvalue weighted by atomic mass is 10.0. The second-order valence-corrected chi connectivity index (χ2v) is 5.13. The van der Waals surface area contributed by atoms with Crippen molar-refractivity contribution in [2.75, 3.05) is 6.54 Å². The van der Waals surface area contributed by atoms with E-state index in [0.29, 0.717) is 19.5 Å². The highest BCUT2D eigenvalue weighted by molar-refractivity contribution is 6.36. The van der Waals surface area contributed by atoms with Crippen molar-refractivity contribution in [1.82, 2.24) is 4.90 Å². The number of benzene rings is 1. The first-order valence-corrected chi connectivity index (χ1v) is 6.74. The summed E-state index contributed by atoms with van der Waals surface area (Å²) in [5.74, 6) is -3.33. The minimum atomic E-state index is -1.58. The van der Waals surface area contributed by atoms with Gasteiger partial charge in [0.15, 0.2) is 5.78 Å². The number of likely N-dealkylation sites (tertiary alicyclic amines) is 1. The van der Waals surface area contributed by atoms with Crippen LogP contribution in [0.3, 0.4) is 0 Å². The average molecular weight is 293 g/mol. The molecule has 1 heterocycles. The summed E-state index contributed by atoms with van der Waals surface area (Å²) in [7, 11) is 0. The van der Waals surface area contributed by atoms with Crippen LogP contribution in [0.1, 0.15) is 24.8 Å². The van der Waals surface area contributed by atoms with Crippen LogP contribution in [0.15, 0.2) is 24.3 Å². The van der Waals surface area contributed by atoms with E-state index in [9.17, 15) is 18.8 Å². The van der Waals surface area contributed by atoms with Crippen LogP contribution >= 0.6 is 0 Å². The lowest BCUT2D eigenvalue weighted by molar-refractivity contribution is -0.150. The molecule has 5 nitrogen and oxygen atoms in total. The van der Waals surface area contributed by atoms with Crippen LogP contribution in [-0.2, 0) is 20.9 Å². The molecule has 1 aromatic rings. The summed E-state index contributed by atoms with van der Waals surface area (Å²) in [5, 5.41) is 8.55. The average Bonchev–Trinajstić information content (AvgIpc) is 2.89. The molecule has 1 unspecified atom stereocenters. The summed E-state index contributed by atoms with van der Waals surface area (Å²) in [4.78, 5) is 35.6. The van der Waals surface area contributed by atoms with Gasteiger partial charge in [0.2, 0.25) is 5.78 Å². The Morgan fingerprint density at radius 2 is 1.90 bits per heavy atom. The minimum Gasteiger partial charge on any atom is -0.475 e. The van der Waals surface area contributed by atoms with Crippen molar-refractivity contribution in [2.24, 2.45) is 0 Å². The van der Waals surface area contributed by atoms with Crippen molar-refractivity contribution in [3.05, 3.63) is 35.6 Å². The Morgan fingerprint density at radius 3 is 2.52 bits per heavy atom. The fraction of sp³-hybridized carbons (Fsp3) is 0.400. The molecule has 1 fully saturated rings. The number of halogens is 1. The second kappa shape index (κ2) is 6.58. The monoisotopic (exact) mass is 293 g/mol. The molecule has 1 aliphatic rings. The van der Waals surface area contributed by atoms with Crippen molar-refractivity contribution in [3.63, 3.8) is 0 Å². The Morgan fingerprint density at radius 1 is 1.24 bits per heavy atom. The molecule has 1 aromatic carbocycles. The van der Waals surface area contributed by atoms with E-state index in [1.807, 2.05) is 4.90 Å². The maximum absolute atomic E-state index is 12.9. The SMILES string of the molecule is O=C(O)C(=O)CC(=O)C1CCCN1Cc1ccc(F)cc1. The van der Waals surface area contributed by atoms with Gasteiger partial charge in [-0.1, -0.05) is 12.1 Å². The number of nitrogens with zero attached hydrogens (tertiary/aromatic N) is 1. The molecule has 0 bridgehead atoms. The summed E-state index contributed by atoms with van der Waals surface area (Å²) in [6.45, 7) is 1.19. The number of hydrogen-bond donors (Lipinski definition) is 1. The van der Waals surface area contributed by atoms with E-state index < -0.39 is 24.2 Å². The number of rotatable bonds is 6. The van der Waals surface area contributed by atoms with Crippen molar-refractivity contribution >= 4 is 17.5 Å². The Hall–Kier alpha value is -2.08. The zero-order chi connectivity index (χ0) is 15.4. The highest BCUT2D eigenvalue weighted by Crippen LogP contribution is 2.22. The zero-order valence-electron chi connectivity index (χ0n) is 11.4. The first-order valence-electron chi connectivity index (χ1n) is 6.74. The molecule has 21 heavy (non-hydrogen) atoms. The Balaban J connectivity index is 1.99. The van der Waals surface area contributed by atoms with E-state index in [-0.39, 0.29) is 11.6 Å². The van der Waals surface area contributed by atoms with Gasteiger partial charge < -0.3 is 5.11 Å². The van der Waals surface area contributed by atoms with Crippen LogP contribution in [-0.4, -0.2) is 40.1 Å². The van der Waals surface area contributed by atoms with Crippen LogP contribution in [0.4, 0.5) is 4.39 Å². The van der Waals surface area contributed by atoms with E-state index >= 15 is 0 Å². The summed E-state index contributed by atoms with van der Waals surface area (Å²) in [6, 6.07) is 5.58. The van der Waals surface area contributed by atoms with E-state index in [1.165, 1.54) is 12.1 Å². The van der Waals surface area contributed by atoms with E-state index in [0.717, 1.165) is 12.0 Å². The maximum Gasteiger partial charge on any atom is 0.372 e. The third kappa shape index (κ3) is 3.95. The van der Waals surface area contributed by atoms with Gasteiger partial charge in [-0.3, -0.25) is 14.5 Å². The molecule has 0 saturated carbocycles. The Bertz CT molecular complexity index is 555. The maximum atomic E-state index is 12.9. The van der Waals surface area contributed by atoms with Crippen molar-refractivity contribution in [3.8, 4) is 0 Å². The highest BCUT2D eigenvalue weighted by atomic mass is 19.1. The van der Waals surface area contributed by atoms with Gasteiger partial charge in [0.25, 0.3) is 0 Å². The number of carboxylic acids is 1. The first-order chi connectivity index (χ1) is 9.97. The highest BCUT2D eigenvalue weighted by Gasteiger charge is 2.32. The summed E-state index contributed by atoms with van der Waals surface area (Å²) < 4.78 is 12.9. The van der Waals surface area contributed by atoms with Crippen molar-refractivity contribution in [2.45, 2.75) is 31.8 Å². The fourth-order valence-corrected chi connectivity index (χ4v) is 2.56. The lowest BCUT2D eigenvalue weighted by Crippen LogP contribution is -2.37. The smallest absolute Gasteiger partial charge is 0.372 e. The van der Waals surface area contributed by atoms with E-state index in [4.69, 9.17) is 5.11 Å². The molecule has 1 N–H and O–H groups in total. The van der Waals surface area contributed by atoms with Gasteiger partial charge in [-0.05, 0) is 37.1 Å². The number of aliphatic carboxylic acids is 1. The molecular weight excluding hydrogens is 277 g/mol. The number of ketones is 2. The molecule has 1 atom stereocenters. The molecular formula is C15H16FNO4. The molecule has 0 amide bonds. The number of carbonyl (C=O) groups excluding carboxylic acids is 2. The Labute approximate surface area is 121 Å². The quantitative estimate of drug-likeness (QED) is 0.634. The lowest BCUT2D eigenvalue weighted by Gasteiger charge is -2.23. The predicted octanol–water partition coefficient (Wildman–Crippen LogP) is 1.40. The van der Waals surface area contributed by atoms with Crippen LogP contribution < -0.4 is 0 Å². The number of carboxylic acid groups (broad SMARTS) is 1. The number of Topliss-reactive ketones (excluding diaryl/α,β-unsaturated/α-hetero) is 2. The molecule has 2 rings (SSSR count). The predicted molar refractivity (Wildman–Crippen MR) is 72.1 cm³/mol. The molecule has 0 radical (unpaired) electrons. The normalized spacial score (nSPS) is 18.6. The molecule has 6 heteroatoms. The van der Waals surface area contributed by atoms with Gasteiger partial charge in [-0.25, -0.2) is 9.18 Å². The Kier molecular flexibility index (Phi) is 4.80. The number of carbonyl (C=O) groups is 3. The van der Waals surface area contributed by atoms with Crippen LogP contribution in [0.25, 0.3) is 0 Å².